The van der Waals surface area contributed by atoms with E-state index in [9.17, 15) is 5.11 Å². The molecule has 54 valence electrons. The summed E-state index contributed by atoms with van der Waals surface area (Å²) in [5.41, 5.74) is 0. The van der Waals surface area contributed by atoms with Gasteiger partial charge in [-0.3, -0.25) is 0 Å². The van der Waals surface area contributed by atoms with E-state index in [-0.39, 0.29) is 6.10 Å². The molecule has 0 spiro atoms. The first kappa shape index (κ1) is 7.03. The Morgan fingerprint density at radius 1 is 1.67 bits per heavy atom. The van der Waals surface area contributed by atoms with Crippen molar-refractivity contribution >= 4 is 0 Å². The Bertz CT molecular complexity index is 81.0. The van der Waals surface area contributed by atoms with E-state index in [0.29, 0.717) is 5.92 Å². The van der Waals surface area contributed by atoms with Gasteiger partial charge in [0.1, 0.15) is 0 Å². The Morgan fingerprint density at radius 2 is 2.33 bits per heavy atom. The summed E-state index contributed by atoms with van der Waals surface area (Å²) < 4.78 is 0. The van der Waals surface area contributed by atoms with Gasteiger partial charge in [0.15, 0.2) is 0 Å². The number of rotatable bonds is 3. The van der Waals surface area contributed by atoms with Gasteiger partial charge in [0.2, 0.25) is 0 Å². The highest BCUT2D eigenvalue weighted by Gasteiger charge is 2.24. The average molecular weight is 129 g/mol. The fraction of sp³-hybridized carbons (Fsp3) is 1.00. The van der Waals surface area contributed by atoms with Gasteiger partial charge in [0.05, 0.1) is 6.10 Å². The smallest absolute Gasteiger partial charge is 0.0692 e. The normalized spacial score (nSPS) is 23.3. The zero-order chi connectivity index (χ0) is 6.69. The van der Waals surface area contributed by atoms with Crippen molar-refractivity contribution in [1.29, 1.82) is 0 Å². The van der Waals surface area contributed by atoms with Gasteiger partial charge in [-0.25, -0.2) is 0 Å². The SMILES string of the molecule is CNCC(O)C1CCC1. The lowest BCUT2D eigenvalue weighted by atomic mass is 9.81. The fourth-order valence-electron chi connectivity index (χ4n) is 1.20. The molecule has 1 aliphatic rings. The van der Waals surface area contributed by atoms with Crippen molar-refractivity contribution in [3.8, 4) is 0 Å². The van der Waals surface area contributed by atoms with Crippen LogP contribution >= 0.6 is 0 Å². The number of nitrogens with one attached hydrogen (secondary N) is 1. The van der Waals surface area contributed by atoms with Crippen LogP contribution in [0.15, 0.2) is 0 Å². The standard InChI is InChI=1S/C7H15NO/c1-8-5-7(9)6-3-2-4-6/h6-9H,2-5H2,1H3. The van der Waals surface area contributed by atoms with Crippen molar-refractivity contribution in [2.45, 2.75) is 25.4 Å². The number of aliphatic hydroxyl groups excluding tert-OH is 1. The van der Waals surface area contributed by atoms with Crippen LogP contribution < -0.4 is 5.32 Å². The molecule has 0 saturated heterocycles. The molecule has 0 aliphatic heterocycles. The lowest BCUT2D eigenvalue weighted by molar-refractivity contribution is 0.0641. The maximum Gasteiger partial charge on any atom is 0.0692 e. The molecule has 2 heteroatoms. The Balaban J connectivity index is 2.08. The predicted molar refractivity (Wildman–Crippen MR) is 37.3 cm³/mol. The molecule has 0 aromatic carbocycles. The van der Waals surface area contributed by atoms with Gasteiger partial charge in [-0.05, 0) is 25.8 Å². The number of hydrogen-bond acceptors (Lipinski definition) is 2. The van der Waals surface area contributed by atoms with Gasteiger partial charge < -0.3 is 10.4 Å². The van der Waals surface area contributed by atoms with Crippen LogP contribution in [-0.4, -0.2) is 24.8 Å². The zero-order valence-electron chi connectivity index (χ0n) is 5.93. The highest BCUT2D eigenvalue weighted by atomic mass is 16.3. The molecule has 1 unspecified atom stereocenters. The summed E-state index contributed by atoms with van der Waals surface area (Å²) in [7, 11) is 1.88. The minimum absolute atomic E-state index is 0.0938. The topological polar surface area (TPSA) is 32.3 Å². The molecule has 0 aromatic rings. The first-order valence-electron chi connectivity index (χ1n) is 3.67. The summed E-state index contributed by atoms with van der Waals surface area (Å²) in [6, 6.07) is 0. The van der Waals surface area contributed by atoms with Gasteiger partial charge in [-0.2, -0.15) is 0 Å². The van der Waals surface area contributed by atoms with Crippen LogP contribution in [0.25, 0.3) is 0 Å². The molecule has 9 heavy (non-hydrogen) atoms. The molecule has 0 heterocycles. The summed E-state index contributed by atoms with van der Waals surface area (Å²) in [4.78, 5) is 0. The van der Waals surface area contributed by atoms with E-state index < -0.39 is 0 Å². The molecule has 1 aliphatic carbocycles. The van der Waals surface area contributed by atoms with Crippen LogP contribution in [0.2, 0.25) is 0 Å². The van der Waals surface area contributed by atoms with Crippen molar-refractivity contribution in [2.75, 3.05) is 13.6 Å². The van der Waals surface area contributed by atoms with Gasteiger partial charge in [0, 0.05) is 6.54 Å². The lowest BCUT2D eigenvalue weighted by Gasteiger charge is -2.29. The Labute approximate surface area is 56.3 Å². The number of aliphatic hydroxyl groups is 1. The number of likely N-dealkylation sites (N-methyl/N-ethyl adjacent to an activating group) is 1. The molecule has 1 rings (SSSR count). The van der Waals surface area contributed by atoms with E-state index in [4.69, 9.17) is 0 Å². The van der Waals surface area contributed by atoms with Crippen LogP contribution in [0.3, 0.4) is 0 Å². The first-order chi connectivity index (χ1) is 4.34. The lowest BCUT2D eigenvalue weighted by Crippen LogP contribution is -2.34. The van der Waals surface area contributed by atoms with Crippen LogP contribution in [0.5, 0.6) is 0 Å². The van der Waals surface area contributed by atoms with E-state index in [1.807, 2.05) is 7.05 Å². The van der Waals surface area contributed by atoms with E-state index in [1.165, 1.54) is 19.3 Å². The quantitative estimate of drug-likeness (QED) is 0.577. The largest absolute Gasteiger partial charge is 0.392 e. The molecule has 1 atom stereocenters. The van der Waals surface area contributed by atoms with Crippen molar-refractivity contribution in [3.05, 3.63) is 0 Å². The minimum Gasteiger partial charge on any atom is -0.392 e. The van der Waals surface area contributed by atoms with Gasteiger partial charge >= 0.3 is 0 Å². The van der Waals surface area contributed by atoms with Gasteiger partial charge in [0.25, 0.3) is 0 Å². The molecule has 0 amide bonds. The molecular weight excluding hydrogens is 114 g/mol. The van der Waals surface area contributed by atoms with Crippen molar-refractivity contribution in [3.63, 3.8) is 0 Å². The summed E-state index contributed by atoms with van der Waals surface area (Å²) in [6.07, 6.45) is 3.67. The summed E-state index contributed by atoms with van der Waals surface area (Å²) in [5, 5.41) is 12.3. The highest BCUT2D eigenvalue weighted by Crippen LogP contribution is 2.28. The van der Waals surface area contributed by atoms with Gasteiger partial charge in [-0.1, -0.05) is 6.42 Å². The Kier molecular flexibility index (Phi) is 2.49. The van der Waals surface area contributed by atoms with Crippen LogP contribution in [-0.2, 0) is 0 Å². The summed E-state index contributed by atoms with van der Waals surface area (Å²) >= 11 is 0. The van der Waals surface area contributed by atoms with Crippen LogP contribution in [0.4, 0.5) is 0 Å². The second-order valence-electron chi connectivity index (χ2n) is 2.82. The minimum atomic E-state index is -0.0938. The Hall–Kier alpha value is -0.0800. The average Bonchev–Trinajstić information content (AvgIpc) is 1.60. The van der Waals surface area contributed by atoms with Gasteiger partial charge in [-0.15, -0.1) is 0 Å². The van der Waals surface area contributed by atoms with E-state index in [1.54, 1.807) is 0 Å². The third kappa shape index (κ3) is 1.66. The molecular formula is C7H15NO. The summed E-state index contributed by atoms with van der Waals surface area (Å²) in [6.45, 7) is 0.755. The molecule has 2 nitrogen and oxygen atoms in total. The second kappa shape index (κ2) is 3.18. The maximum absolute atomic E-state index is 9.31. The van der Waals surface area contributed by atoms with E-state index in [2.05, 4.69) is 5.32 Å². The fourth-order valence-corrected chi connectivity index (χ4v) is 1.20. The predicted octanol–water partition coefficient (Wildman–Crippen LogP) is 0.367. The third-order valence-corrected chi connectivity index (χ3v) is 2.11. The Morgan fingerprint density at radius 3 is 2.67 bits per heavy atom. The highest BCUT2D eigenvalue weighted by molar-refractivity contribution is 4.77. The molecule has 1 saturated carbocycles. The maximum atomic E-state index is 9.31. The monoisotopic (exact) mass is 129 g/mol. The van der Waals surface area contributed by atoms with Crippen molar-refractivity contribution in [1.82, 2.24) is 5.32 Å². The summed E-state index contributed by atoms with van der Waals surface area (Å²) in [5.74, 6) is 0.595. The zero-order valence-corrected chi connectivity index (χ0v) is 5.93. The molecule has 2 N–H and O–H groups in total. The molecule has 0 bridgehead atoms. The second-order valence-corrected chi connectivity index (χ2v) is 2.82. The number of hydrogen-bond donors (Lipinski definition) is 2. The van der Waals surface area contributed by atoms with Crippen LogP contribution in [0.1, 0.15) is 19.3 Å². The van der Waals surface area contributed by atoms with Crippen LogP contribution in [0, 0.1) is 5.92 Å². The van der Waals surface area contributed by atoms with Crippen molar-refractivity contribution in [2.24, 2.45) is 5.92 Å². The first-order valence-corrected chi connectivity index (χ1v) is 3.67. The van der Waals surface area contributed by atoms with Crippen molar-refractivity contribution < 1.29 is 5.11 Å². The third-order valence-electron chi connectivity index (χ3n) is 2.11. The molecule has 0 radical (unpaired) electrons. The van der Waals surface area contributed by atoms with E-state index in [0.717, 1.165) is 6.54 Å². The molecule has 1 fully saturated rings. The van der Waals surface area contributed by atoms with E-state index >= 15 is 0 Å². The molecule has 0 aromatic heterocycles.